The third kappa shape index (κ3) is 3.67. The maximum absolute atomic E-state index is 12.3. The van der Waals surface area contributed by atoms with Crippen LogP contribution in [0.15, 0.2) is 30.3 Å². The van der Waals surface area contributed by atoms with Crippen molar-refractivity contribution < 1.29 is 4.79 Å². The first-order valence-corrected chi connectivity index (χ1v) is 7.70. The van der Waals surface area contributed by atoms with Gasteiger partial charge in [-0.3, -0.25) is 4.79 Å². The van der Waals surface area contributed by atoms with Crippen LogP contribution < -0.4 is 5.32 Å². The molecule has 3 nitrogen and oxygen atoms in total. The molecule has 1 aromatic heterocycles. The molecule has 0 spiro atoms. The maximum atomic E-state index is 12.3. The van der Waals surface area contributed by atoms with Gasteiger partial charge in [0.2, 0.25) is 0 Å². The van der Waals surface area contributed by atoms with E-state index >= 15 is 0 Å². The van der Waals surface area contributed by atoms with Crippen molar-refractivity contribution in [2.75, 3.05) is 6.54 Å². The molecule has 0 radical (unpaired) electrons. The summed E-state index contributed by atoms with van der Waals surface area (Å²) in [5, 5.41) is 3.87. The van der Waals surface area contributed by atoms with Crippen molar-refractivity contribution in [3.63, 3.8) is 0 Å². The van der Waals surface area contributed by atoms with Crippen molar-refractivity contribution >= 4 is 17.2 Å². The van der Waals surface area contributed by atoms with Crippen LogP contribution in [0, 0.1) is 12.8 Å². The molecule has 1 heterocycles. The number of aryl methyl sites for hydroxylation is 1. The summed E-state index contributed by atoms with van der Waals surface area (Å²) in [5.74, 6) is 0.509. The van der Waals surface area contributed by atoms with Gasteiger partial charge in [-0.05, 0) is 24.8 Å². The fourth-order valence-electron chi connectivity index (χ4n) is 1.92. The number of aromatic nitrogens is 1. The van der Waals surface area contributed by atoms with E-state index in [0.29, 0.717) is 18.2 Å². The van der Waals surface area contributed by atoms with Crippen molar-refractivity contribution in [1.82, 2.24) is 10.3 Å². The van der Waals surface area contributed by atoms with E-state index < -0.39 is 0 Å². The standard InChI is InChI=1S/C16H20N2OS/c1-11(2)9-10-17-16(19)14-15(20-12(3)18-14)13-7-5-4-6-8-13/h4-8,11H,9-10H2,1-3H3,(H,17,19). The summed E-state index contributed by atoms with van der Waals surface area (Å²) >= 11 is 1.56. The summed E-state index contributed by atoms with van der Waals surface area (Å²) in [5.41, 5.74) is 1.59. The number of carbonyl (C=O) groups excluding carboxylic acids is 1. The van der Waals surface area contributed by atoms with E-state index in [1.807, 2.05) is 37.3 Å². The molecule has 0 aliphatic carbocycles. The number of benzene rings is 1. The third-order valence-corrected chi connectivity index (χ3v) is 4.01. The van der Waals surface area contributed by atoms with Gasteiger partial charge in [0.15, 0.2) is 0 Å². The molecule has 0 bridgehead atoms. The van der Waals surface area contributed by atoms with Crippen LogP contribution in [0.4, 0.5) is 0 Å². The lowest BCUT2D eigenvalue weighted by atomic mass is 10.1. The zero-order chi connectivity index (χ0) is 14.5. The summed E-state index contributed by atoms with van der Waals surface area (Å²) in [4.78, 5) is 17.6. The van der Waals surface area contributed by atoms with E-state index in [4.69, 9.17) is 0 Å². The largest absolute Gasteiger partial charge is 0.351 e. The molecule has 0 aliphatic heterocycles. The Morgan fingerprint density at radius 2 is 2.00 bits per heavy atom. The van der Waals surface area contributed by atoms with Gasteiger partial charge in [-0.15, -0.1) is 11.3 Å². The van der Waals surface area contributed by atoms with Gasteiger partial charge in [-0.2, -0.15) is 0 Å². The first-order chi connectivity index (χ1) is 9.58. The Hall–Kier alpha value is -1.68. The molecule has 2 aromatic rings. The predicted molar refractivity (Wildman–Crippen MR) is 84.1 cm³/mol. The SMILES string of the molecule is Cc1nc(C(=O)NCCC(C)C)c(-c2ccccc2)s1. The molecule has 106 valence electrons. The van der Waals surface area contributed by atoms with Gasteiger partial charge >= 0.3 is 0 Å². The van der Waals surface area contributed by atoms with Crippen molar-refractivity contribution in [3.8, 4) is 10.4 Å². The zero-order valence-corrected chi connectivity index (χ0v) is 13.0. The molecule has 0 unspecified atom stereocenters. The highest BCUT2D eigenvalue weighted by atomic mass is 32.1. The molecular weight excluding hydrogens is 268 g/mol. The van der Waals surface area contributed by atoms with Gasteiger partial charge in [0.1, 0.15) is 5.69 Å². The van der Waals surface area contributed by atoms with Gasteiger partial charge in [0.25, 0.3) is 5.91 Å². The minimum atomic E-state index is -0.0751. The summed E-state index contributed by atoms with van der Waals surface area (Å²) in [6.07, 6.45) is 0.982. The van der Waals surface area contributed by atoms with Gasteiger partial charge in [0.05, 0.1) is 9.88 Å². The number of nitrogens with zero attached hydrogens (tertiary/aromatic N) is 1. The highest BCUT2D eigenvalue weighted by Crippen LogP contribution is 2.29. The van der Waals surface area contributed by atoms with Gasteiger partial charge < -0.3 is 5.32 Å². The van der Waals surface area contributed by atoms with Crippen molar-refractivity contribution in [2.24, 2.45) is 5.92 Å². The Kier molecular flexibility index (Phi) is 4.90. The minimum absolute atomic E-state index is 0.0751. The smallest absolute Gasteiger partial charge is 0.271 e. The Labute approximate surface area is 124 Å². The summed E-state index contributed by atoms with van der Waals surface area (Å²) in [6.45, 7) is 6.92. The van der Waals surface area contributed by atoms with Crippen LogP contribution in [-0.2, 0) is 0 Å². The van der Waals surface area contributed by atoms with Gasteiger partial charge in [-0.1, -0.05) is 44.2 Å². The van der Waals surface area contributed by atoms with E-state index in [2.05, 4.69) is 24.1 Å². The van der Waals surface area contributed by atoms with Crippen LogP contribution in [0.2, 0.25) is 0 Å². The molecule has 20 heavy (non-hydrogen) atoms. The first-order valence-electron chi connectivity index (χ1n) is 6.89. The number of nitrogens with one attached hydrogen (secondary N) is 1. The monoisotopic (exact) mass is 288 g/mol. The van der Waals surface area contributed by atoms with Crippen molar-refractivity contribution in [1.29, 1.82) is 0 Å². The zero-order valence-electron chi connectivity index (χ0n) is 12.1. The van der Waals surface area contributed by atoms with E-state index in [0.717, 1.165) is 21.9 Å². The molecule has 4 heteroatoms. The van der Waals surface area contributed by atoms with Crippen LogP contribution in [0.5, 0.6) is 0 Å². The fourth-order valence-corrected chi connectivity index (χ4v) is 2.85. The van der Waals surface area contributed by atoms with E-state index in [1.165, 1.54) is 0 Å². The molecule has 1 N–H and O–H groups in total. The Bertz CT molecular complexity index is 575. The average Bonchev–Trinajstić information content (AvgIpc) is 2.81. The number of hydrogen-bond acceptors (Lipinski definition) is 3. The van der Waals surface area contributed by atoms with Crippen LogP contribution in [0.1, 0.15) is 35.8 Å². The van der Waals surface area contributed by atoms with E-state index in [1.54, 1.807) is 11.3 Å². The molecule has 0 aliphatic rings. The first kappa shape index (κ1) is 14.7. The van der Waals surface area contributed by atoms with Crippen LogP contribution >= 0.6 is 11.3 Å². The van der Waals surface area contributed by atoms with Crippen molar-refractivity contribution in [2.45, 2.75) is 27.2 Å². The van der Waals surface area contributed by atoms with Crippen LogP contribution in [-0.4, -0.2) is 17.4 Å². The molecule has 2 rings (SSSR count). The Morgan fingerprint density at radius 1 is 1.30 bits per heavy atom. The van der Waals surface area contributed by atoms with Gasteiger partial charge in [-0.25, -0.2) is 4.98 Å². The highest BCUT2D eigenvalue weighted by molar-refractivity contribution is 7.15. The van der Waals surface area contributed by atoms with Gasteiger partial charge in [0, 0.05) is 6.54 Å². The Balaban J connectivity index is 2.18. The lowest BCUT2D eigenvalue weighted by molar-refractivity contribution is 0.0948. The molecule has 1 aromatic carbocycles. The molecule has 0 saturated carbocycles. The number of rotatable bonds is 5. The predicted octanol–water partition coefficient (Wildman–Crippen LogP) is 3.89. The van der Waals surface area contributed by atoms with Crippen LogP contribution in [0.3, 0.4) is 0 Å². The summed E-state index contributed by atoms with van der Waals surface area (Å²) < 4.78 is 0. The number of hydrogen-bond donors (Lipinski definition) is 1. The topological polar surface area (TPSA) is 42.0 Å². The highest BCUT2D eigenvalue weighted by Gasteiger charge is 2.17. The second-order valence-corrected chi connectivity index (χ2v) is 6.42. The quantitative estimate of drug-likeness (QED) is 0.906. The maximum Gasteiger partial charge on any atom is 0.271 e. The number of thiazole rings is 1. The molecule has 0 saturated heterocycles. The number of carbonyl (C=O) groups is 1. The van der Waals surface area contributed by atoms with Crippen LogP contribution in [0.25, 0.3) is 10.4 Å². The second-order valence-electron chi connectivity index (χ2n) is 5.22. The normalized spacial score (nSPS) is 10.8. The molecule has 0 atom stereocenters. The minimum Gasteiger partial charge on any atom is -0.351 e. The third-order valence-electron chi connectivity index (χ3n) is 2.99. The van der Waals surface area contributed by atoms with Crippen molar-refractivity contribution in [3.05, 3.63) is 41.0 Å². The number of amides is 1. The summed E-state index contributed by atoms with van der Waals surface area (Å²) in [7, 11) is 0. The fraction of sp³-hybridized carbons (Fsp3) is 0.375. The molecular formula is C16H20N2OS. The lowest BCUT2D eigenvalue weighted by Crippen LogP contribution is -2.26. The Morgan fingerprint density at radius 3 is 2.65 bits per heavy atom. The molecule has 1 amide bonds. The molecule has 0 fully saturated rings. The lowest BCUT2D eigenvalue weighted by Gasteiger charge is -2.07. The summed E-state index contributed by atoms with van der Waals surface area (Å²) in [6, 6.07) is 9.95. The average molecular weight is 288 g/mol. The van der Waals surface area contributed by atoms with E-state index in [9.17, 15) is 4.79 Å². The second kappa shape index (κ2) is 6.66. The van der Waals surface area contributed by atoms with E-state index in [-0.39, 0.29) is 5.91 Å².